The van der Waals surface area contributed by atoms with Gasteiger partial charge >= 0.3 is 0 Å². The lowest BCUT2D eigenvalue weighted by molar-refractivity contribution is 0.0792. The average molecular weight is 460 g/mol. The number of methoxy groups -OCH3 is 1. The van der Waals surface area contributed by atoms with Crippen LogP contribution in [0.3, 0.4) is 0 Å². The second kappa shape index (κ2) is 10.0. The molecule has 1 saturated heterocycles. The fraction of sp³-hybridized carbons (Fsp3) is 0.375. The molecule has 1 aliphatic rings. The number of nitrogens with zero attached hydrogens (tertiary/aromatic N) is 1. The standard InChI is InChI=1S/C24H27F2N3O2S/c1-29(12-4-5-17-13-20(28-27-17)15-8-10-16(25)11-9-15)24(30)23-18(14-31-2)22-19(26)6-3-7-21(22)32-23/h3,6-11,17,20,27-28H,4-5,12-14H2,1-2H3. The molecule has 0 spiro atoms. The Kier molecular flexibility index (Phi) is 7.15. The summed E-state index contributed by atoms with van der Waals surface area (Å²) in [5.41, 5.74) is 8.24. The number of hydrogen-bond acceptors (Lipinski definition) is 5. The SMILES string of the molecule is COCc1c(C(=O)N(C)CCCC2CC(c3ccc(F)cc3)NN2)sc2cccc(F)c12. The molecule has 0 radical (unpaired) electrons. The van der Waals surface area contributed by atoms with Crippen molar-refractivity contribution >= 4 is 27.3 Å². The van der Waals surface area contributed by atoms with Crippen molar-refractivity contribution in [3.05, 3.63) is 70.1 Å². The summed E-state index contributed by atoms with van der Waals surface area (Å²) >= 11 is 1.31. The first-order chi connectivity index (χ1) is 15.5. The maximum absolute atomic E-state index is 14.4. The van der Waals surface area contributed by atoms with Gasteiger partial charge in [-0.2, -0.15) is 0 Å². The van der Waals surface area contributed by atoms with Crippen LogP contribution in [-0.2, 0) is 11.3 Å². The number of amides is 1. The molecule has 0 saturated carbocycles. The second-order valence-corrected chi connectivity index (χ2v) is 9.20. The molecule has 0 aliphatic carbocycles. The highest BCUT2D eigenvalue weighted by Gasteiger charge is 2.26. The van der Waals surface area contributed by atoms with E-state index in [0.717, 1.165) is 29.5 Å². The molecule has 0 bridgehead atoms. The minimum atomic E-state index is -0.331. The van der Waals surface area contributed by atoms with Crippen molar-refractivity contribution in [1.29, 1.82) is 0 Å². The lowest BCUT2D eigenvalue weighted by Crippen LogP contribution is -2.32. The summed E-state index contributed by atoms with van der Waals surface area (Å²) in [6, 6.07) is 11.9. The molecule has 2 atom stereocenters. The second-order valence-electron chi connectivity index (χ2n) is 8.15. The van der Waals surface area contributed by atoms with Gasteiger partial charge in [-0.25, -0.2) is 8.78 Å². The minimum Gasteiger partial charge on any atom is -0.380 e. The third-order valence-electron chi connectivity index (χ3n) is 5.89. The smallest absolute Gasteiger partial charge is 0.264 e. The molecule has 4 rings (SSSR count). The van der Waals surface area contributed by atoms with E-state index >= 15 is 0 Å². The van der Waals surface area contributed by atoms with Crippen molar-refractivity contribution in [2.75, 3.05) is 20.7 Å². The van der Waals surface area contributed by atoms with Crippen molar-refractivity contribution in [3.63, 3.8) is 0 Å². The van der Waals surface area contributed by atoms with Crippen LogP contribution in [0, 0.1) is 11.6 Å². The molecule has 1 aromatic heterocycles. The van der Waals surface area contributed by atoms with Crippen molar-refractivity contribution in [1.82, 2.24) is 15.8 Å². The summed E-state index contributed by atoms with van der Waals surface area (Å²) in [5, 5.41) is 0.476. The number of nitrogens with one attached hydrogen (secondary N) is 2. The van der Waals surface area contributed by atoms with E-state index in [4.69, 9.17) is 4.74 Å². The highest BCUT2D eigenvalue weighted by atomic mass is 32.1. The summed E-state index contributed by atoms with van der Waals surface area (Å²) in [4.78, 5) is 15.3. The largest absolute Gasteiger partial charge is 0.380 e. The Labute approximate surface area is 190 Å². The van der Waals surface area contributed by atoms with Crippen LogP contribution in [0.2, 0.25) is 0 Å². The number of halogens is 2. The zero-order chi connectivity index (χ0) is 22.7. The van der Waals surface area contributed by atoms with Crippen LogP contribution in [-0.4, -0.2) is 37.6 Å². The van der Waals surface area contributed by atoms with E-state index in [-0.39, 0.29) is 36.2 Å². The number of fused-ring (bicyclic) bond motifs is 1. The number of carbonyl (C=O) groups excluding carboxylic acids is 1. The minimum absolute atomic E-state index is 0.112. The van der Waals surface area contributed by atoms with E-state index in [1.165, 1.54) is 29.5 Å². The number of rotatable bonds is 8. The van der Waals surface area contributed by atoms with Crippen molar-refractivity contribution in [2.24, 2.45) is 0 Å². The van der Waals surface area contributed by atoms with Gasteiger partial charge in [-0.05, 0) is 49.1 Å². The predicted octanol–water partition coefficient (Wildman–Crippen LogP) is 4.79. The van der Waals surface area contributed by atoms with E-state index in [1.807, 2.05) is 6.07 Å². The summed E-state index contributed by atoms with van der Waals surface area (Å²) in [6.45, 7) is 0.791. The van der Waals surface area contributed by atoms with Gasteiger partial charge in [0.25, 0.3) is 5.91 Å². The van der Waals surface area contributed by atoms with Crippen molar-refractivity contribution in [3.8, 4) is 0 Å². The molecule has 1 amide bonds. The Morgan fingerprint density at radius 3 is 2.72 bits per heavy atom. The lowest BCUT2D eigenvalue weighted by Gasteiger charge is -2.18. The molecule has 1 fully saturated rings. The molecular weight excluding hydrogens is 432 g/mol. The van der Waals surface area contributed by atoms with Gasteiger partial charge in [0.2, 0.25) is 0 Å². The summed E-state index contributed by atoms with van der Waals surface area (Å²) in [7, 11) is 3.32. The first-order valence-corrected chi connectivity index (χ1v) is 11.5. The van der Waals surface area contributed by atoms with Crippen LogP contribution in [0.15, 0.2) is 42.5 Å². The lowest BCUT2D eigenvalue weighted by atomic mass is 9.99. The van der Waals surface area contributed by atoms with Crippen molar-refractivity contribution < 1.29 is 18.3 Å². The molecular formula is C24H27F2N3O2S. The molecule has 2 unspecified atom stereocenters. The molecule has 2 heterocycles. The summed E-state index contributed by atoms with van der Waals surface area (Å²) < 4.78 is 33.5. The highest BCUT2D eigenvalue weighted by Crippen LogP contribution is 2.34. The highest BCUT2D eigenvalue weighted by molar-refractivity contribution is 7.21. The Morgan fingerprint density at radius 1 is 1.19 bits per heavy atom. The fourth-order valence-corrected chi connectivity index (χ4v) is 5.41. The number of hydrazine groups is 1. The zero-order valence-corrected chi connectivity index (χ0v) is 19.0. The van der Waals surface area contributed by atoms with Gasteiger partial charge in [0.05, 0.1) is 11.5 Å². The van der Waals surface area contributed by atoms with Crippen LogP contribution in [0.5, 0.6) is 0 Å². The van der Waals surface area contributed by atoms with Crippen LogP contribution in [0.25, 0.3) is 10.1 Å². The molecule has 2 N–H and O–H groups in total. The maximum atomic E-state index is 14.4. The normalized spacial score (nSPS) is 18.4. The van der Waals surface area contributed by atoms with Gasteiger partial charge in [-0.15, -0.1) is 11.3 Å². The van der Waals surface area contributed by atoms with E-state index in [9.17, 15) is 13.6 Å². The van der Waals surface area contributed by atoms with Gasteiger partial charge in [0.1, 0.15) is 11.6 Å². The topological polar surface area (TPSA) is 53.6 Å². The Bertz CT molecular complexity index is 1090. The van der Waals surface area contributed by atoms with E-state index in [0.29, 0.717) is 22.4 Å². The van der Waals surface area contributed by atoms with E-state index < -0.39 is 0 Å². The first kappa shape index (κ1) is 22.8. The molecule has 32 heavy (non-hydrogen) atoms. The zero-order valence-electron chi connectivity index (χ0n) is 18.2. The number of benzene rings is 2. The maximum Gasteiger partial charge on any atom is 0.264 e. The van der Waals surface area contributed by atoms with Gasteiger partial charge in [-0.3, -0.25) is 15.6 Å². The van der Waals surface area contributed by atoms with Gasteiger partial charge in [0, 0.05) is 48.4 Å². The molecule has 170 valence electrons. The number of hydrogen-bond donors (Lipinski definition) is 2. The Balaban J connectivity index is 1.34. The van der Waals surface area contributed by atoms with Crippen LogP contribution < -0.4 is 10.9 Å². The van der Waals surface area contributed by atoms with Gasteiger partial charge < -0.3 is 9.64 Å². The quantitative estimate of drug-likeness (QED) is 0.509. The number of thiophene rings is 1. The van der Waals surface area contributed by atoms with Crippen LogP contribution in [0.4, 0.5) is 8.78 Å². The Hall–Kier alpha value is -2.39. The number of ether oxygens (including phenoxy) is 1. The summed E-state index contributed by atoms with van der Waals surface area (Å²) in [5.74, 6) is -0.679. The third-order valence-corrected chi connectivity index (χ3v) is 7.08. The average Bonchev–Trinajstić information content (AvgIpc) is 3.40. The molecule has 3 aromatic rings. The van der Waals surface area contributed by atoms with Crippen LogP contribution in [0.1, 0.15) is 46.1 Å². The van der Waals surface area contributed by atoms with E-state index in [2.05, 4.69) is 10.9 Å². The van der Waals surface area contributed by atoms with Gasteiger partial charge in [0.15, 0.2) is 0 Å². The van der Waals surface area contributed by atoms with Crippen LogP contribution >= 0.6 is 11.3 Å². The molecule has 8 heteroatoms. The molecule has 2 aromatic carbocycles. The third kappa shape index (κ3) is 4.83. The molecule has 1 aliphatic heterocycles. The van der Waals surface area contributed by atoms with E-state index in [1.54, 1.807) is 37.3 Å². The van der Waals surface area contributed by atoms with Gasteiger partial charge in [-0.1, -0.05) is 18.2 Å². The Morgan fingerprint density at radius 2 is 1.97 bits per heavy atom. The fourth-order valence-electron chi connectivity index (χ4n) is 4.20. The summed E-state index contributed by atoms with van der Waals surface area (Å²) in [6.07, 6.45) is 2.63. The number of carbonyl (C=O) groups is 1. The monoisotopic (exact) mass is 459 g/mol. The molecule has 5 nitrogen and oxygen atoms in total. The predicted molar refractivity (Wildman–Crippen MR) is 123 cm³/mol. The van der Waals surface area contributed by atoms with Crippen molar-refractivity contribution in [2.45, 2.75) is 38.0 Å². The first-order valence-electron chi connectivity index (χ1n) is 10.7.